The molecule has 0 spiro atoms. The largest absolute Gasteiger partial charge is 0.381 e. The second-order valence-corrected chi connectivity index (χ2v) is 2.28. The first-order valence-electron chi connectivity index (χ1n) is 3.23. The molecule has 1 aromatic rings. The van der Waals surface area contributed by atoms with Crippen molar-refractivity contribution in [2.24, 2.45) is 0 Å². The molecule has 0 bridgehead atoms. The zero-order chi connectivity index (χ0) is 9.14. The van der Waals surface area contributed by atoms with E-state index in [9.17, 15) is 13.6 Å². The van der Waals surface area contributed by atoms with Crippen molar-refractivity contribution in [1.82, 2.24) is 0 Å². The number of aliphatic hydroxyl groups is 1. The standard InChI is InChI=1S/C8H6F2O2/c9-6-1-5(8(12)4-11)2-7(10)3-6/h1-4,8,12H. The van der Waals surface area contributed by atoms with E-state index in [1.807, 2.05) is 0 Å². The molecule has 12 heavy (non-hydrogen) atoms. The van der Waals surface area contributed by atoms with Crippen LogP contribution in [0.4, 0.5) is 8.78 Å². The van der Waals surface area contributed by atoms with E-state index in [0.717, 1.165) is 12.1 Å². The molecule has 0 saturated heterocycles. The van der Waals surface area contributed by atoms with Crippen LogP contribution in [-0.4, -0.2) is 11.4 Å². The second-order valence-electron chi connectivity index (χ2n) is 2.28. The van der Waals surface area contributed by atoms with Gasteiger partial charge in [-0.05, 0) is 17.7 Å². The Hall–Kier alpha value is -1.29. The summed E-state index contributed by atoms with van der Waals surface area (Å²) in [4.78, 5) is 10.0. The molecule has 0 aromatic heterocycles. The Bertz CT molecular complexity index is 279. The molecule has 64 valence electrons. The highest BCUT2D eigenvalue weighted by molar-refractivity contribution is 5.59. The van der Waals surface area contributed by atoms with E-state index >= 15 is 0 Å². The lowest BCUT2D eigenvalue weighted by molar-refractivity contribution is -0.115. The summed E-state index contributed by atoms with van der Waals surface area (Å²) in [7, 11) is 0. The fourth-order valence-corrected chi connectivity index (χ4v) is 0.824. The number of carbonyl (C=O) groups excluding carboxylic acids is 1. The zero-order valence-electron chi connectivity index (χ0n) is 6.00. The number of halogens is 2. The maximum Gasteiger partial charge on any atom is 0.153 e. The summed E-state index contributed by atoms with van der Waals surface area (Å²) in [5.74, 6) is -1.63. The number of rotatable bonds is 2. The van der Waals surface area contributed by atoms with Crippen LogP contribution in [0, 0.1) is 11.6 Å². The molecule has 0 aliphatic carbocycles. The molecule has 0 saturated carbocycles. The van der Waals surface area contributed by atoms with Gasteiger partial charge in [0.2, 0.25) is 0 Å². The minimum atomic E-state index is -1.46. The minimum Gasteiger partial charge on any atom is -0.381 e. The molecule has 0 aliphatic rings. The summed E-state index contributed by atoms with van der Waals surface area (Å²) in [5, 5.41) is 8.88. The van der Waals surface area contributed by atoms with E-state index in [4.69, 9.17) is 5.11 Å². The van der Waals surface area contributed by atoms with Crippen molar-refractivity contribution in [2.45, 2.75) is 6.10 Å². The molecule has 0 heterocycles. The van der Waals surface area contributed by atoms with Gasteiger partial charge in [-0.3, -0.25) is 0 Å². The van der Waals surface area contributed by atoms with Crippen LogP contribution >= 0.6 is 0 Å². The number of aldehydes is 1. The van der Waals surface area contributed by atoms with Crippen LogP contribution in [0.2, 0.25) is 0 Å². The number of benzene rings is 1. The molecule has 4 heteroatoms. The summed E-state index contributed by atoms with van der Waals surface area (Å²) in [6, 6.07) is 2.48. The third-order valence-corrected chi connectivity index (χ3v) is 1.36. The van der Waals surface area contributed by atoms with Gasteiger partial charge in [0, 0.05) is 6.07 Å². The van der Waals surface area contributed by atoms with Crippen molar-refractivity contribution in [3.8, 4) is 0 Å². The lowest BCUT2D eigenvalue weighted by Gasteiger charge is -2.02. The Morgan fingerprint density at radius 2 is 1.75 bits per heavy atom. The molecule has 0 amide bonds. The molecule has 1 N–H and O–H groups in total. The molecular formula is C8H6F2O2. The fourth-order valence-electron chi connectivity index (χ4n) is 0.824. The maximum atomic E-state index is 12.5. The SMILES string of the molecule is O=CC(O)c1cc(F)cc(F)c1. The fraction of sp³-hybridized carbons (Fsp3) is 0.125. The van der Waals surface area contributed by atoms with Crippen molar-refractivity contribution in [3.63, 3.8) is 0 Å². The highest BCUT2D eigenvalue weighted by Crippen LogP contribution is 2.13. The van der Waals surface area contributed by atoms with Gasteiger partial charge in [0.15, 0.2) is 6.29 Å². The van der Waals surface area contributed by atoms with Crippen LogP contribution < -0.4 is 0 Å². The Morgan fingerprint density at radius 3 is 2.17 bits per heavy atom. The van der Waals surface area contributed by atoms with Gasteiger partial charge >= 0.3 is 0 Å². The van der Waals surface area contributed by atoms with Crippen molar-refractivity contribution < 1.29 is 18.7 Å². The molecule has 0 aliphatic heterocycles. The van der Waals surface area contributed by atoms with Gasteiger partial charge in [-0.15, -0.1) is 0 Å². The summed E-state index contributed by atoms with van der Waals surface area (Å²) in [5.41, 5.74) is -0.0810. The predicted molar refractivity (Wildman–Crippen MR) is 37.4 cm³/mol. The summed E-state index contributed by atoms with van der Waals surface area (Å²) >= 11 is 0. The van der Waals surface area contributed by atoms with Crippen LogP contribution in [0.3, 0.4) is 0 Å². The van der Waals surface area contributed by atoms with E-state index in [0.29, 0.717) is 6.07 Å². The van der Waals surface area contributed by atoms with Gasteiger partial charge in [0.1, 0.15) is 17.7 Å². The van der Waals surface area contributed by atoms with Gasteiger partial charge in [-0.2, -0.15) is 0 Å². The molecule has 1 unspecified atom stereocenters. The summed E-state index contributed by atoms with van der Waals surface area (Å²) in [6.45, 7) is 0. The van der Waals surface area contributed by atoms with E-state index < -0.39 is 17.7 Å². The highest BCUT2D eigenvalue weighted by atomic mass is 19.1. The number of aliphatic hydroxyl groups excluding tert-OH is 1. The van der Waals surface area contributed by atoms with Gasteiger partial charge in [0.25, 0.3) is 0 Å². The average Bonchev–Trinajstić information content (AvgIpc) is 2.01. The summed E-state index contributed by atoms with van der Waals surface area (Å²) < 4.78 is 24.9. The Labute approximate surface area is 67.4 Å². The Kier molecular flexibility index (Phi) is 2.50. The van der Waals surface area contributed by atoms with Crippen LogP contribution in [0.1, 0.15) is 11.7 Å². The van der Waals surface area contributed by atoms with Crippen LogP contribution in [0.5, 0.6) is 0 Å². The van der Waals surface area contributed by atoms with Gasteiger partial charge < -0.3 is 9.90 Å². The number of carbonyl (C=O) groups is 1. The molecule has 0 radical (unpaired) electrons. The smallest absolute Gasteiger partial charge is 0.153 e. The van der Waals surface area contributed by atoms with E-state index in [1.165, 1.54) is 0 Å². The third kappa shape index (κ3) is 1.85. The van der Waals surface area contributed by atoms with Crippen molar-refractivity contribution in [2.75, 3.05) is 0 Å². The van der Waals surface area contributed by atoms with Gasteiger partial charge in [-0.25, -0.2) is 8.78 Å². The Balaban J connectivity index is 3.08. The van der Waals surface area contributed by atoms with Crippen molar-refractivity contribution in [3.05, 3.63) is 35.4 Å². The minimum absolute atomic E-state index is 0.0810. The first-order chi connectivity index (χ1) is 5.63. The lowest BCUT2D eigenvalue weighted by atomic mass is 10.1. The van der Waals surface area contributed by atoms with Crippen molar-refractivity contribution >= 4 is 6.29 Å². The molecule has 1 atom stereocenters. The highest BCUT2D eigenvalue weighted by Gasteiger charge is 2.08. The first kappa shape index (κ1) is 8.80. The third-order valence-electron chi connectivity index (χ3n) is 1.36. The van der Waals surface area contributed by atoms with Crippen LogP contribution in [0.25, 0.3) is 0 Å². The second kappa shape index (κ2) is 3.40. The number of hydrogen-bond acceptors (Lipinski definition) is 2. The first-order valence-corrected chi connectivity index (χ1v) is 3.23. The maximum absolute atomic E-state index is 12.5. The molecular weight excluding hydrogens is 166 g/mol. The average molecular weight is 172 g/mol. The van der Waals surface area contributed by atoms with Crippen LogP contribution in [0.15, 0.2) is 18.2 Å². The monoisotopic (exact) mass is 172 g/mol. The quantitative estimate of drug-likeness (QED) is 0.680. The number of hydrogen-bond donors (Lipinski definition) is 1. The molecule has 1 aromatic carbocycles. The van der Waals surface area contributed by atoms with E-state index in [1.54, 1.807) is 0 Å². The Morgan fingerprint density at radius 1 is 1.25 bits per heavy atom. The molecule has 2 nitrogen and oxygen atoms in total. The predicted octanol–water partition coefficient (Wildman–Crippen LogP) is 1.20. The van der Waals surface area contributed by atoms with E-state index in [2.05, 4.69) is 0 Å². The van der Waals surface area contributed by atoms with Crippen molar-refractivity contribution in [1.29, 1.82) is 0 Å². The molecule has 0 fully saturated rings. The van der Waals surface area contributed by atoms with Gasteiger partial charge in [-0.1, -0.05) is 0 Å². The molecule has 1 rings (SSSR count). The van der Waals surface area contributed by atoms with E-state index in [-0.39, 0.29) is 11.8 Å². The lowest BCUT2D eigenvalue weighted by Crippen LogP contribution is -1.99. The summed E-state index contributed by atoms with van der Waals surface area (Å²) in [6.07, 6.45) is -1.26. The van der Waals surface area contributed by atoms with Gasteiger partial charge in [0.05, 0.1) is 0 Å². The topological polar surface area (TPSA) is 37.3 Å². The van der Waals surface area contributed by atoms with Crippen LogP contribution in [-0.2, 0) is 4.79 Å². The zero-order valence-corrected chi connectivity index (χ0v) is 6.00. The normalized spacial score (nSPS) is 12.6.